The molecule has 1 aliphatic heterocycles. The predicted molar refractivity (Wildman–Crippen MR) is 78.6 cm³/mol. The average Bonchev–Trinajstić information content (AvgIpc) is 2.48. The van der Waals surface area contributed by atoms with Crippen LogP contribution in [-0.2, 0) is 0 Å². The van der Waals surface area contributed by atoms with Gasteiger partial charge in [-0.3, -0.25) is 4.79 Å². The van der Waals surface area contributed by atoms with Crippen LogP contribution in [0, 0.1) is 5.82 Å². The number of piperidine rings is 1. The van der Waals surface area contributed by atoms with E-state index in [0.717, 1.165) is 32.4 Å². The molecule has 20 heavy (non-hydrogen) atoms. The molecule has 1 saturated heterocycles. The molecule has 0 unspecified atom stereocenters. The number of nitrogens with one attached hydrogen (secondary N) is 1. The summed E-state index contributed by atoms with van der Waals surface area (Å²) in [5.41, 5.74) is 0.263. The van der Waals surface area contributed by atoms with E-state index in [2.05, 4.69) is 5.32 Å². The summed E-state index contributed by atoms with van der Waals surface area (Å²) in [7, 11) is 0. The van der Waals surface area contributed by atoms with Crippen molar-refractivity contribution in [2.45, 2.75) is 32.2 Å². The van der Waals surface area contributed by atoms with Gasteiger partial charge in [0.2, 0.25) is 0 Å². The van der Waals surface area contributed by atoms with Crippen molar-refractivity contribution in [1.82, 2.24) is 10.2 Å². The monoisotopic (exact) mass is 298 g/mol. The molecule has 1 fully saturated rings. The van der Waals surface area contributed by atoms with Gasteiger partial charge in [-0.2, -0.15) is 0 Å². The molecule has 0 bridgehead atoms. The number of halogens is 2. The van der Waals surface area contributed by atoms with E-state index in [1.54, 1.807) is 6.07 Å². The zero-order chi connectivity index (χ0) is 14.5. The zero-order valence-electron chi connectivity index (χ0n) is 11.7. The molecule has 5 heteroatoms. The fourth-order valence-electron chi connectivity index (χ4n) is 2.63. The zero-order valence-corrected chi connectivity index (χ0v) is 12.4. The third kappa shape index (κ3) is 3.30. The Labute approximate surface area is 124 Å². The van der Waals surface area contributed by atoms with E-state index in [0.29, 0.717) is 6.54 Å². The minimum absolute atomic E-state index is 0.0764. The molecule has 2 rings (SSSR count). The molecular formula is C15H20ClFN2O. The summed E-state index contributed by atoms with van der Waals surface area (Å²) in [6.07, 6.45) is 2.74. The van der Waals surface area contributed by atoms with Crippen LogP contribution in [0.2, 0.25) is 5.02 Å². The van der Waals surface area contributed by atoms with Crippen molar-refractivity contribution >= 4 is 17.5 Å². The number of amides is 1. The minimum Gasteiger partial charge on any atom is -0.336 e. The molecule has 0 atom stereocenters. The number of hydrogen-bond donors (Lipinski definition) is 1. The summed E-state index contributed by atoms with van der Waals surface area (Å²) in [5.74, 6) is -0.706. The third-order valence-corrected chi connectivity index (χ3v) is 4.04. The van der Waals surface area contributed by atoms with Gasteiger partial charge in [0, 0.05) is 12.6 Å². The van der Waals surface area contributed by atoms with E-state index in [4.69, 9.17) is 11.6 Å². The van der Waals surface area contributed by atoms with Crippen molar-refractivity contribution in [3.05, 3.63) is 34.6 Å². The van der Waals surface area contributed by atoms with Crippen molar-refractivity contribution in [2.75, 3.05) is 19.6 Å². The normalized spacial score (nSPS) is 16.1. The van der Waals surface area contributed by atoms with Crippen LogP contribution in [-0.4, -0.2) is 36.5 Å². The lowest BCUT2D eigenvalue weighted by Crippen LogP contribution is -2.46. The maximum absolute atomic E-state index is 13.5. The van der Waals surface area contributed by atoms with Crippen LogP contribution < -0.4 is 5.32 Å². The number of benzene rings is 1. The van der Waals surface area contributed by atoms with E-state index in [1.807, 2.05) is 11.8 Å². The third-order valence-electron chi connectivity index (χ3n) is 3.66. The second-order valence-electron chi connectivity index (χ2n) is 5.08. The number of carbonyl (C=O) groups excluding carboxylic acids is 1. The van der Waals surface area contributed by atoms with Crippen molar-refractivity contribution < 1.29 is 9.18 Å². The highest BCUT2D eigenvalue weighted by molar-refractivity contribution is 6.34. The van der Waals surface area contributed by atoms with Gasteiger partial charge in [-0.25, -0.2) is 4.39 Å². The molecule has 1 amide bonds. The highest BCUT2D eigenvalue weighted by atomic mass is 35.5. The predicted octanol–water partition coefficient (Wildman–Crippen LogP) is 3.08. The smallest absolute Gasteiger partial charge is 0.255 e. The summed E-state index contributed by atoms with van der Waals surface area (Å²) in [5, 5.41) is 3.21. The van der Waals surface area contributed by atoms with Crippen LogP contribution in [0.25, 0.3) is 0 Å². The van der Waals surface area contributed by atoms with Crippen molar-refractivity contribution in [3.8, 4) is 0 Å². The van der Waals surface area contributed by atoms with Gasteiger partial charge >= 0.3 is 0 Å². The number of carbonyl (C=O) groups is 1. The van der Waals surface area contributed by atoms with Gasteiger partial charge in [-0.05, 0) is 44.5 Å². The largest absolute Gasteiger partial charge is 0.336 e. The second-order valence-corrected chi connectivity index (χ2v) is 5.46. The molecule has 1 aliphatic rings. The highest BCUT2D eigenvalue weighted by Crippen LogP contribution is 2.23. The van der Waals surface area contributed by atoms with Crippen molar-refractivity contribution in [1.29, 1.82) is 0 Å². The summed E-state index contributed by atoms with van der Waals surface area (Å²) in [4.78, 5) is 14.5. The Balaban J connectivity index is 2.23. The van der Waals surface area contributed by atoms with E-state index in [1.165, 1.54) is 12.1 Å². The van der Waals surface area contributed by atoms with E-state index in [9.17, 15) is 9.18 Å². The lowest BCUT2D eigenvalue weighted by Gasteiger charge is -2.34. The quantitative estimate of drug-likeness (QED) is 0.926. The first-order chi connectivity index (χ1) is 9.65. The Kier molecular flexibility index (Phi) is 5.38. The second kappa shape index (κ2) is 7.04. The van der Waals surface area contributed by atoms with Gasteiger partial charge in [0.25, 0.3) is 5.91 Å². The molecule has 0 aliphatic carbocycles. The fourth-order valence-corrected chi connectivity index (χ4v) is 2.84. The fraction of sp³-hybridized carbons (Fsp3) is 0.533. The molecule has 0 spiro atoms. The lowest BCUT2D eigenvalue weighted by molar-refractivity contribution is 0.0642. The summed E-state index contributed by atoms with van der Waals surface area (Å²) >= 11 is 5.94. The molecule has 1 heterocycles. The molecule has 0 aromatic heterocycles. The molecule has 1 aromatic carbocycles. The van der Waals surface area contributed by atoms with Gasteiger partial charge < -0.3 is 10.2 Å². The van der Waals surface area contributed by atoms with Crippen LogP contribution in [0.3, 0.4) is 0 Å². The van der Waals surface area contributed by atoms with Crippen LogP contribution in [0.5, 0.6) is 0 Å². The van der Waals surface area contributed by atoms with Gasteiger partial charge in [0.1, 0.15) is 5.82 Å². The van der Waals surface area contributed by atoms with Crippen molar-refractivity contribution in [3.63, 3.8) is 0 Å². The van der Waals surface area contributed by atoms with Gasteiger partial charge in [-0.1, -0.05) is 24.6 Å². The van der Waals surface area contributed by atoms with Crippen LogP contribution in [0.1, 0.15) is 36.5 Å². The first kappa shape index (κ1) is 15.3. The maximum atomic E-state index is 13.5. The Bertz CT molecular complexity index is 475. The van der Waals surface area contributed by atoms with E-state index in [-0.39, 0.29) is 22.5 Å². The molecule has 0 saturated carbocycles. The SMILES string of the molecule is CCCN(C(=O)c1cccc(F)c1Cl)C1CCNCC1. The van der Waals surface area contributed by atoms with Crippen LogP contribution >= 0.6 is 11.6 Å². The molecule has 0 radical (unpaired) electrons. The summed E-state index contributed by atoms with van der Waals surface area (Å²) < 4.78 is 13.5. The van der Waals surface area contributed by atoms with E-state index < -0.39 is 5.82 Å². The Morgan fingerprint density at radius 3 is 2.80 bits per heavy atom. The summed E-state index contributed by atoms with van der Waals surface area (Å²) in [6.45, 7) is 4.54. The Hall–Kier alpha value is -1.13. The molecule has 1 N–H and O–H groups in total. The minimum atomic E-state index is -0.542. The first-order valence-electron chi connectivity index (χ1n) is 7.10. The Morgan fingerprint density at radius 1 is 1.45 bits per heavy atom. The van der Waals surface area contributed by atoms with Gasteiger partial charge in [-0.15, -0.1) is 0 Å². The Morgan fingerprint density at radius 2 is 2.15 bits per heavy atom. The van der Waals surface area contributed by atoms with Crippen molar-refractivity contribution in [2.24, 2.45) is 0 Å². The van der Waals surface area contributed by atoms with Crippen LogP contribution in [0.4, 0.5) is 4.39 Å². The standard InChI is InChI=1S/C15H20ClFN2O/c1-2-10-19(11-6-8-18-9-7-11)15(20)12-4-3-5-13(17)14(12)16/h3-5,11,18H,2,6-10H2,1H3. The van der Waals surface area contributed by atoms with Gasteiger partial charge in [0.05, 0.1) is 10.6 Å². The van der Waals surface area contributed by atoms with E-state index >= 15 is 0 Å². The molecular weight excluding hydrogens is 279 g/mol. The molecule has 1 aromatic rings. The number of hydrogen-bond acceptors (Lipinski definition) is 2. The average molecular weight is 299 g/mol. The topological polar surface area (TPSA) is 32.3 Å². The molecule has 110 valence electrons. The van der Waals surface area contributed by atoms with Gasteiger partial charge in [0.15, 0.2) is 0 Å². The van der Waals surface area contributed by atoms with Crippen LogP contribution in [0.15, 0.2) is 18.2 Å². The number of rotatable bonds is 4. The molecule has 3 nitrogen and oxygen atoms in total. The number of nitrogens with zero attached hydrogens (tertiary/aromatic N) is 1. The summed E-state index contributed by atoms with van der Waals surface area (Å²) in [6, 6.07) is 4.61. The first-order valence-corrected chi connectivity index (χ1v) is 7.48. The highest BCUT2D eigenvalue weighted by Gasteiger charge is 2.27. The maximum Gasteiger partial charge on any atom is 0.255 e. The lowest BCUT2D eigenvalue weighted by atomic mass is 10.0.